The third kappa shape index (κ3) is 4.05. The summed E-state index contributed by atoms with van der Waals surface area (Å²) >= 11 is 1.20. The van der Waals surface area contributed by atoms with E-state index in [1.165, 1.54) is 22.1 Å². The molecule has 0 radical (unpaired) electrons. The molecule has 9 heteroatoms. The molecule has 2 bridgehead atoms. The van der Waals surface area contributed by atoms with Crippen LogP contribution in [0.15, 0.2) is 21.7 Å². The highest BCUT2D eigenvalue weighted by Crippen LogP contribution is 2.40. The molecular formula is C18H28ClN3O3S2. The van der Waals surface area contributed by atoms with Crippen LogP contribution in [0.2, 0.25) is 0 Å². The quantitative estimate of drug-likeness (QED) is 0.762. The van der Waals surface area contributed by atoms with Crippen molar-refractivity contribution >= 4 is 39.7 Å². The van der Waals surface area contributed by atoms with Gasteiger partial charge in [-0.25, -0.2) is 8.42 Å². The predicted octanol–water partition coefficient (Wildman–Crippen LogP) is 2.35. The van der Waals surface area contributed by atoms with E-state index in [0.29, 0.717) is 29.0 Å². The Morgan fingerprint density at radius 1 is 1.19 bits per heavy atom. The van der Waals surface area contributed by atoms with Crippen LogP contribution in [0.25, 0.3) is 0 Å². The molecule has 1 amide bonds. The summed E-state index contributed by atoms with van der Waals surface area (Å²) in [5.74, 6) is 0.746. The van der Waals surface area contributed by atoms with E-state index in [0.717, 1.165) is 32.1 Å². The number of fused-ring (bicyclic) bond motifs is 2. The van der Waals surface area contributed by atoms with Crippen molar-refractivity contribution < 1.29 is 13.2 Å². The Morgan fingerprint density at radius 3 is 2.52 bits per heavy atom. The third-order valence-corrected chi connectivity index (χ3v) is 9.53. The summed E-state index contributed by atoms with van der Waals surface area (Å²) < 4.78 is 27.5. The lowest BCUT2D eigenvalue weighted by molar-refractivity contribution is -0.126. The van der Waals surface area contributed by atoms with Crippen molar-refractivity contribution in [2.75, 3.05) is 6.54 Å². The number of thiophene rings is 1. The fourth-order valence-corrected chi connectivity index (χ4v) is 7.88. The first-order valence-corrected chi connectivity index (χ1v) is 11.9. The molecule has 1 aromatic heterocycles. The lowest BCUT2D eigenvalue weighted by Gasteiger charge is -2.45. The Kier molecular flexibility index (Phi) is 6.52. The zero-order valence-corrected chi connectivity index (χ0v) is 17.7. The highest BCUT2D eigenvalue weighted by atomic mass is 35.5. The molecule has 6 nitrogen and oxygen atoms in total. The first-order valence-electron chi connectivity index (χ1n) is 9.58. The van der Waals surface area contributed by atoms with Gasteiger partial charge in [0, 0.05) is 18.6 Å². The van der Waals surface area contributed by atoms with Gasteiger partial charge in [-0.3, -0.25) is 4.79 Å². The summed E-state index contributed by atoms with van der Waals surface area (Å²) in [5.41, 5.74) is 6.17. The van der Waals surface area contributed by atoms with Crippen molar-refractivity contribution in [3.05, 3.63) is 17.5 Å². The molecule has 3 fully saturated rings. The van der Waals surface area contributed by atoms with Crippen LogP contribution >= 0.6 is 23.7 Å². The molecule has 3 unspecified atom stereocenters. The first kappa shape index (κ1) is 21.0. The van der Waals surface area contributed by atoms with E-state index in [1.54, 1.807) is 17.5 Å². The van der Waals surface area contributed by atoms with Gasteiger partial charge in [-0.15, -0.1) is 23.7 Å². The lowest BCUT2D eigenvalue weighted by atomic mass is 9.67. The van der Waals surface area contributed by atoms with Gasteiger partial charge in [-0.1, -0.05) is 12.5 Å². The summed E-state index contributed by atoms with van der Waals surface area (Å²) in [6.45, 7) is 0.417. The van der Waals surface area contributed by atoms with Gasteiger partial charge < -0.3 is 11.1 Å². The fourth-order valence-electron chi connectivity index (χ4n) is 5.10. The minimum atomic E-state index is -3.59. The number of rotatable bonds is 4. The monoisotopic (exact) mass is 433 g/mol. The maximum Gasteiger partial charge on any atom is 0.253 e. The van der Waals surface area contributed by atoms with Crippen molar-refractivity contribution in [2.24, 2.45) is 17.6 Å². The number of amides is 1. The molecular weight excluding hydrogens is 406 g/mol. The van der Waals surface area contributed by atoms with E-state index in [1.807, 2.05) is 0 Å². The zero-order valence-electron chi connectivity index (χ0n) is 15.2. The van der Waals surface area contributed by atoms with E-state index >= 15 is 0 Å². The second-order valence-electron chi connectivity index (χ2n) is 7.92. The van der Waals surface area contributed by atoms with Crippen LogP contribution in [0.3, 0.4) is 0 Å². The first-order chi connectivity index (χ1) is 12.5. The van der Waals surface area contributed by atoms with Gasteiger partial charge >= 0.3 is 0 Å². The number of nitrogens with one attached hydrogen (secondary N) is 1. The van der Waals surface area contributed by atoms with Crippen LogP contribution in [0.4, 0.5) is 0 Å². The summed E-state index contributed by atoms with van der Waals surface area (Å²) in [7, 11) is -3.59. The average Bonchev–Trinajstić information content (AvgIpc) is 3.28. The van der Waals surface area contributed by atoms with Gasteiger partial charge in [0.1, 0.15) is 10.3 Å². The highest BCUT2D eigenvalue weighted by molar-refractivity contribution is 7.91. The van der Waals surface area contributed by atoms with Crippen LogP contribution in [0.1, 0.15) is 44.9 Å². The Bertz CT molecular complexity index is 742. The Hall–Kier alpha value is -0.670. The van der Waals surface area contributed by atoms with Crippen LogP contribution in [0, 0.1) is 11.8 Å². The number of carbonyl (C=O) groups excluding carboxylic acids is 1. The van der Waals surface area contributed by atoms with E-state index in [9.17, 15) is 13.2 Å². The predicted molar refractivity (Wildman–Crippen MR) is 108 cm³/mol. The van der Waals surface area contributed by atoms with Gasteiger partial charge in [0.2, 0.25) is 5.91 Å². The maximum atomic E-state index is 13.0. The number of hydrogen-bond donors (Lipinski definition) is 2. The molecule has 152 valence electrons. The molecule has 4 rings (SSSR count). The standard InChI is InChI=1S/C18H27N3O3S2.ClH/c19-14-10-12-4-1-5-13(11-14)17(12)20-18(22)15-6-2-8-21(15)26(23,24)16-7-3-9-25-16;/h3,7,9,12-15,17H,1-2,4-6,8,10-11,19H2,(H,20,22);1H. The van der Waals surface area contributed by atoms with Crippen LogP contribution in [-0.2, 0) is 14.8 Å². The normalized spacial score (nSPS) is 34.0. The van der Waals surface area contributed by atoms with Crippen molar-refractivity contribution in [3.8, 4) is 0 Å². The minimum absolute atomic E-state index is 0. The van der Waals surface area contributed by atoms with Gasteiger partial charge in [0.15, 0.2) is 0 Å². The summed E-state index contributed by atoms with van der Waals surface area (Å²) in [6.07, 6.45) is 6.67. The van der Waals surface area contributed by atoms with E-state index in [4.69, 9.17) is 5.73 Å². The number of hydrogen-bond acceptors (Lipinski definition) is 5. The van der Waals surface area contributed by atoms with Crippen LogP contribution < -0.4 is 11.1 Å². The Balaban J connectivity index is 0.00000210. The second-order valence-corrected chi connectivity index (χ2v) is 11.0. The number of halogens is 1. The number of carbonyl (C=O) groups is 1. The molecule has 3 atom stereocenters. The number of nitrogens with zero attached hydrogens (tertiary/aromatic N) is 1. The minimum Gasteiger partial charge on any atom is -0.351 e. The smallest absolute Gasteiger partial charge is 0.253 e. The molecule has 3 N–H and O–H groups in total. The second kappa shape index (κ2) is 8.37. The van der Waals surface area contributed by atoms with Crippen molar-refractivity contribution in [2.45, 2.75) is 67.3 Å². The highest BCUT2D eigenvalue weighted by Gasteiger charge is 2.44. The van der Waals surface area contributed by atoms with Gasteiger partial charge in [-0.05, 0) is 61.8 Å². The SMILES string of the molecule is Cl.NC1CC2CCCC(C1)C2NC(=O)C1CCCN1S(=O)(=O)c1cccs1. The zero-order chi connectivity index (χ0) is 18.3. The van der Waals surface area contributed by atoms with Gasteiger partial charge in [0.05, 0.1) is 0 Å². The summed E-state index contributed by atoms with van der Waals surface area (Å²) in [5, 5.41) is 4.99. The van der Waals surface area contributed by atoms with Crippen LogP contribution in [-0.4, -0.2) is 43.3 Å². The van der Waals surface area contributed by atoms with Crippen molar-refractivity contribution in [1.82, 2.24) is 9.62 Å². The average molecular weight is 434 g/mol. The topological polar surface area (TPSA) is 92.5 Å². The molecule has 2 aliphatic carbocycles. The summed E-state index contributed by atoms with van der Waals surface area (Å²) in [4.78, 5) is 13.0. The molecule has 0 spiro atoms. The molecule has 2 saturated carbocycles. The maximum absolute atomic E-state index is 13.0. The van der Waals surface area contributed by atoms with Crippen molar-refractivity contribution in [1.29, 1.82) is 0 Å². The van der Waals surface area contributed by atoms with Crippen LogP contribution in [0.5, 0.6) is 0 Å². The lowest BCUT2D eigenvalue weighted by Crippen LogP contribution is -2.57. The number of nitrogens with two attached hydrogens (primary N) is 1. The molecule has 2 heterocycles. The molecule has 1 aromatic rings. The molecule has 3 aliphatic rings. The molecule has 0 aromatic carbocycles. The molecule has 1 aliphatic heterocycles. The van der Waals surface area contributed by atoms with Gasteiger partial charge in [-0.2, -0.15) is 4.31 Å². The van der Waals surface area contributed by atoms with E-state index in [2.05, 4.69) is 5.32 Å². The number of sulfonamides is 1. The Labute approximate surface area is 171 Å². The van der Waals surface area contributed by atoms with Crippen molar-refractivity contribution in [3.63, 3.8) is 0 Å². The largest absolute Gasteiger partial charge is 0.351 e. The molecule has 1 saturated heterocycles. The molecule has 27 heavy (non-hydrogen) atoms. The summed E-state index contributed by atoms with van der Waals surface area (Å²) in [6, 6.07) is 3.15. The Morgan fingerprint density at radius 2 is 1.89 bits per heavy atom. The fraction of sp³-hybridized carbons (Fsp3) is 0.722. The van der Waals surface area contributed by atoms with Gasteiger partial charge in [0.25, 0.3) is 10.0 Å². The van der Waals surface area contributed by atoms with E-state index < -0.39 is 16.1 Å². The third-order valence-electron chi connectivity index (χ3n) is 6.25. The van der Waals surface area contributed by atoms with E-state index in [-0.39, 0.29) is 30.4 Å².